The Morgan fingerprint density at radius 3 is 2.83 bits per heavy atom. The number of sulfonamides is 1. The van der Waals surface area contributed by atoms with Gasteiger partial charge >= 0.3 is 0 Å². The molecule has 0 spiro atoms. The molecule has 4 nitrogen and oxygen atoms in total. The highest BCUT2D eigenvalue weighted by atomic mass is 32.2. The number of nitrogens with zero attached hydrogens (tertiary/aromatic N) is 1. The summed E-state index contributed by atoms with van der Waals surface area (Å²) < 4.78 is 23.9. The predicted molar refractivity (Wildman–Crippen MR) is 46.3 cm³/mol. The first-order valence-corrected chi connectivity index (χ1v) is 6.11. The average Bonchev–Trinajstić information content (AvgIpc) is 1.88. The van der Waals surface area contributed by atoms with Gasteiger partial charge in [0, 0.05) is 19.1 Å². The lowest BCUT2D eigenvalue weighted by molar-refractivity contribution is 0.0723. The minimum Gasteiger partial charge on any atom is -0.315 e. The van der Waals surface area contributed by atoms with E-state index in [9.17, 15) is 8.42 Å². The van der Waals surface area contributed by atoms with E-state index in [0.29, 0.717) is 5.92 Å². The van der Waals surface area contributed by atoms with E-state index in [1.54, 1.807) is 4.31 Å². The Hall–Kier alpha value is -0.130. The van der Waals surface area contributed by atoms with Crippen LogP contribution >= 0.6 is 0 Å². The number of rotatable bonds is 1. The van der Waals surface area contributed by atoms with Crippen LogP contribution in [-0.2, 0) is 10.0 Å². The number of nitrogens with one attached hydrogen (secondary N) is 1. The molecule has 0 aliphatic carbocycles. The minimum absolute atomic E-state index is 0.244. The van der Waals surface area contributed by atoms with Crippen molar-refractivity contribution in [3.8, 4) is 0 Å². The second kappa shape index (κ2) is 2.68. The highest BCUT2D eigenvalue weighted by molar-refractivity contribution is 7.88. The Kier molecular flexibility index (Phi) is 1.89. The van der Waals surface area contributed by atoms with Gasteiger partial charge in [-0.1, -0.05) is 0 Å². The molecular formula is C7H14N2O2S. The molecular weight excluding hydrogens is 176 g/mol. The lowest BCUT2D eigenvalue weighted by Crippen LogP contribution is -2.64. The van der Waals surface area contributed by atoms with Crippen molar-refractivity contribution < 1.29 is 8.42 Å². The maximum atomic E-state index is 11.2. The van der Waals surface area contributed by atoms with E-state index in [1.165, 1.54) is 6.26 Å². The summed E-state index contributed by atoms with van der Waals surface area (Å²) in [5.41, 5.74) is 0. The van der Waals surface area contributed by atoms with Crippen molar-refractivity contribution in [1.29, 1.82) is 0 Å². The second-order valence-corrected chi connectivity index (χ2v) is 5.59. The summed E-state index contributed by atoms with van der Waals surface area (Å²) in [6.07, 6.45) is 2.41. The normalized spacial score (nSPS) is 37.1. The Bertz CT molecular complexity index is 275. The molecule has 2 heterocycles. The molecule has 2 atom stereocenters. The lowest BCUT2D eigenvalue weighted by atomic mass is 9.86. The Balaban J connectivity index is 2.06. The largest absolute Gasteiger partial charge is 0.315 e. The van der Waals surface area contributed by atoms with Gasteiger partial charge in [0.05, 0.1) is 6.26 Å². The van der Waals surface area contributed by atoms with Crippen LogP contribution in [-0.4, -0.2) is 44.7 Å². The molecule has 2 saturated heterocycles. The zero-order valence-electron chi connectivity index (χ0n) is 7.16. The smallest absolute Gasteiger partial charge is 0.211 e. The third-order valence-corrected chi connectivity index (χ3v) is 4.07. The van der Waals surface area contributed by atoms with Crippen molar-refractivity contribution in [3.05, 3.63) is 0 Å². The van der Waals surface area contributed by atoms with Crippen LogP contribution in [0.5, 0.6) is 0 Å². The minimum atomic E-state index is -2.94. The Morgan fingerprint density at radius 1 is 1.50 bits per heavy atom. The highest BCUT2D eigenvalue weighted by Gasteiger charge is 2.44. The number of hydrogen-bond acceptors (Lipinski definition) is 3. The van der Waals surface area contributed by atoms with Crippen LogP contribution in [0.4, 0.5) is 0 Å². The molecule has 0 saturated carbocycles. The average molecular weight is 190 g/mol. The Labute approximate surface area is 73.0 Å². The van der Waals surface area contributed by atoms with Crippen LogP contribution in [0.1, 0.15) is 6.42 Å². The van der Waals surface area contributed by atoms with Gasteiger partial charge in [-0.05, 0) is 18.9 Å². The molecule has 0 aromatic carbocycles. The van der Waals surface area contributed by atoms with E-state index < -0.39 is 10.0 Å². The van der Waals surface area contributed by atoms with Gasteiger partial charge in [0.2, 0.25) is 10.0 Å². The molecule has 0 aromatic heterocycles. The maximum Gasteiger partial charge on any atom is 0.211 e. The highest BCUT2D eigenvalue weighted by Crippen LogP contribution is 2.31. The Morgan fingerprint density at radius 2 is 2.25 bits per heavy atom. The van der Waals surface area contributed by atoms with Gasteiger partial charge in [-0.2, -0.15) is 4.31 Å². The van der Waals surface area contributed by atoms with Gasteiger partial charge in [0.1, 0.15) is 0 Å². The first kappa shape index (κ1) is 8.47. The molecule has 1 N–H and O–H groups in total. The molecule has 0 bridgehead atoms. The SMILES string of the molecule is CS(=O)(=O)N1C[C@H]2CCNC[C@H]21. The third kappa shape index (κ3) is 1.26. The van der Waals surface area contributed by atoms with Crippen molar-refractivity contribution >= 4 is 10.0 Å². The summed E-state index contributed by atoms with van der Waals surface area (Å²) in [4.78, 5) is 0. The van der Waals surface area contributed by atoms with Crippen molar-refractivity contribution in [2.45, 2.75) is 12.5 Å². The van der Waals surface area contributed by atoms with Gasteiger partial charge in [-0.25, -0.2) is 8.42 Å². The van der Waals surface area contributed by atoms with Crippen LogP contribution < -0.4 is 5.32 Å². The number of piperidine rings is 1. The van der Waals surface area contributed by atoms with Crippen molar-refractivity contribution in [1.82, 2.24) is 9.62 Å². The fourth-order valence-electron chi connectivity index (χ4n) is 2.06. The molecule has 0 radical (unpaired) electrons. The third-order valence-electron chi connectivity index (χ3n) is 2.80. The van der Waals surface area contributed by atoms with Gasteiger partial charge < -0.3 is 5.32 Å². The molecule has 5 heteroatoms. The van der Waals surface area contributed by atoms with E-state index in [-0.39, 0.29) is 6.04 Å². The molecule has 2 aliphatic rings. The van der Waals surface area contributed by atoms with Crippen molar-refractivity contribution in [2.75, 3.05) is 25.9 Å². The van der Waals surface area contributed by atoms with E-state index in [0.717, 1.165) is 26.1 Å². The van der Waals surface area contributed by atoms with Gasteiger partial charge in [-0.3, -0.25) is 0 Å². The van der Waals surface area contributed by atoms with E-state index in [1.807, 2.05) is 0 Å². The molecule has 2 aliphatic heterocycles. The van der Waals surface area contributed by atoms with Crippen LogP contribution in [0.3, 0.4) is 0 Å². The molecule has 0 amide bonds. The topological polar surface area (TPSA) is 49.4 Å². The predicted octanol–water partition coefficient (Wildman–Crippen LogP) is -0.760. The van der Waals surface area contributed by atoms with Gasteiger partial charge in [0.25, 0.3) is 0 Å². The van der Waals surface area contributed by atoms with Gasteiger partial charge in [0.15, 0.2) is 0 Å². The van der Waals surface area contributed by atoms with Crippen LogP contribution in [0.2, 0.25) is 0 Å². The molecule has 2 fully saturated rings. The molecule has 0 unspecified atom stereocenters. The number of fused-ring (bicyclic) bond motifs is 1. The van der Waals surface area contributed by atoms with Crippen LogP contribution in [0.25, 0.3) is 0 Å². The fourth-order valence-corrected chi connectivity index (χ4v) is 3.26. The van der Waals surface area contributed by atoms with E-state index in [4.69, 9.17) is 0 Å². The van der Waals surface area contributed by atoms with Gasteiger partial charge in [-0.15, -0.1) is 0 Å². The maximum absolute atomic E-state index is 11.2. The van der Waals surface area contributed by atoms with E-state index >= 15 is 0 Å². The molecule has 2 rings (SSSR count). The summed E-state index contributed by atoms with van der Waals surface area (Å²) in [6.45, 7) is 2.61. The molecule has 0 aromatic rings. The lowest BCUT2D eigenvalue weighted by Gasteiger charge is -2.49. The molecule has 70 valence electrons. The number of hydrogen-bond donors (Lipinski definition) is 1. The summed E-state index contributed by atoms with van der Waals surface area (Å²) in [6, 6.07) is 0.244. The summed E-state index contributed by atoms with van der Waals surface area (Å²) in [5, 5.41) is 3.21. The second-order valence-electron chi connectivity index (χ2n) is 3.65. The van der Waals surface area contributed by atoms with Crippen molar-refractivity contribution in [3.63, 3.8) is 0 Å². The fraction of sp³-hybridized carbons (Fsp3) is 1.00. The standard InChI is InChI=1S/C7H14N2O2S/c1-12(10,11)9-5-6-2-3-8-4-7(6)9/h6-8H,2-5H2,1H3/t6-,7-/m1/s1. The van der Waals surface area contributed by atoms with E-state index in [2.05, 4.69) is 5.32 Å². The zero-order valence-corrected chi connectivity index (χ0v) is 7.97. The first-order valence-electron chi connectivity index (χ1n) is 4.26. The van der Waals surface area contributed by atoms with Crippen LogP contribution in [0, 0.1) is 5.92 Å². The first-order chi connectivity index (χ1) is 5.59. The summed E-state index contributed by atoms with van der Waals surface area (Å²) >= 11 is 0. The molecule has 12 heavy (non-hydrogen) atoms. The zero-order chi connectivity index (χ0) is 8.77. The summed E-state index contributed by atoms with van der Waals surface area (Å²) in [5.74, 6) is 0.612. The van der Waals surface area contributed by atoms with Crippen LogP contribution in [0.15, 0.2) is 0 Å². The monoisotopic (exact) mass is 190 g/mol. The summed E-state index contributed by atoms with van der Waals surface area (Å²) in [7, 11) is -2.94. The van der Waals surface area contributed by atoms with Crippen molar-refractivity contribution in [2.24, 2.45) is 5.92 Å². The quantitative estimate of drug-likeness (QED) is 0.591.